The molecule has 150 valence electrons. The number of carboxylic acid groups (broad SMARTS) is 1. The van der Waals surface area contributed by atoms with Crippen molar-refractivity contribution >= 4 is 22.9 Å². The minimum absolute atomic E-state index is 0.0758. The number of aryl methyl sites for hydroxylation is 1. The van der Waals surface area contributed by atoms with Gasteiger partial charge >= 0.3 is 5.97 Å². The minimum Gasteiger partial charge on any atom is -0.478 e. The van der Waals surface area contributed by atoms with Crippen molar-refractivity contribution < 1.29 is 14.7 Å². The van der Waals surface area contributed by atoms with Crippen LogP contribution in [0.1, 0.15) is 58.3 Å². The first-order valence-corrected chi connectivity index (χ1v) is 10.2. The molecule has 2 aromatic carbocycles. The van der Waals surface area contributed by atoms with Crippen LogP contribution in [-0.2, 0) is 13.0 Å². The lowest BCUT2D eigenvalue weighted by molar-refractivity contribution is 0.0650. The van der Waals surface area contributed by atoms with E-state index in [0.29, 0.717) is 12.1 Å². The predicted molar refractivity (Wildman–Crippen MR) is 111 cm³/mol. The van der Waals surface area contributed by atoms with Gasteiger partial charge in [-0.25, -0.2) is 9.78 Å². The number of aromatic nitrogens is 2. The first kappa shape index (κ1) is 19.2. The number of benzene rings is 2. The zero-order chi connectivity index (χ0) is 20.4. The number of carbonyl (C=O) groups excluding carboxylic acids is 1. The molecule has 6 heteroatoms. The summed E-state index contributed by atoms with van der Waals surface area (Å²) in [6, 6.07) is 12.7. The van der Waals surface area contributed by atoms with Gasteiger partial charge in [-0.1, -0.05) is 25.5 Å². The van der Waals surface area contributed by atoms with Crippen molar-refractivity contribution in [3.63, 3.8) is 0 Å². The summed E-state index contributed by atoms with van der Waals surface area (Å²) in [7, 11) is 0. The van der Waals surface area contributed by atoms with E-state index in [2.05, 4.69) is 11.5 Å². The van der Waals surface area contributed by atoms with Crippen LogP contribution in [0.4, 0.5) is 0 Å². The second-order valence-electron chi connectivity index (χ2n) is 7.57. The highest BCUT2D eigenvalue weighted by Gasteiger charge is 2.22. The average molecular weight is 391 g/mol. The Bertz CT molecular complexity index is 1050. The third kappa shape index (κ3) is 3.88. The summed E-state index contributed by atoms with van der Waals surface area (Å²) < 4.78 is 2.16. The molecule has 0 saturated carbocycles. The number of likely N-dealkylation sites (tertiary alicyclic amines) is 1. The fourth-order valence-electron chi connectivity index (χ4n) is 3.65. The van der Waals surface area contributed by atoms with E-state index in [4.69, 9.17) is 10.1 Å². The standard InChI is InChI=1S/C23H25N3O3/c1-2-3-5-21-24-19-11-10-18(22(27)25-12-4-13-25)14-20(19)26(21)15-16-6-8-17(9-7-16)23(28)29/h6-11,14H,2-5,12-13,15H2,1H3,(H,28,29). The number of imidazole rings is 1. The van der Waals surface area contributed by atoms with Crippen LogP contribution in [0, 0.1) is 0 Å². The summed E-state index contributed by atoms with van der Waals surface area (Å²) in [6.45, 7) is 4.40. The van der Waals surface area contributed by atoms with Crippen LogP contribution in [-0.4, -0.2) is 44.5 Å². The number of hydrogen-bond donors (Lipinski definition) is 1. The van der Waals surface area contributed by atoms with Crippen molar-refractivity contribution in [2.45, 2.75) is 39.2 Å². The van der Waals surface area contributed by atoms with E-state index in [1.165, 1.54) is 0 Å². The largest absolute Gasteiger partial charge is 0.478 e. The van der Waals surface area contributed by atoms with Crippen LogP contribution >= 0.6 is 0 Å². The molecule has 1 aliphatic heterocycles. The Kier molecular flexibility index (Phi) is 5.34. The van der Waals surface area contributed by atoms with Crippen LogP contribution in [0.25, 0.3) is 11.0 Å². The summed E-state index contributed by atoms with van der Waals surface area (Å²) in [5.74, 6) is 0.145. The van der Waals surface area contributed by atoms with Gasteiger partial charge in [-0.05, 0) is 48.7 Å². The molecule has 29 heavy (non-hydrogen) atoms. The van der Waals surface area contributed by atoms with Crippen molar-refractivity contribution in [2.24, 2.45) is 0 Å². The van der Waals surface area contributed by atoms with Crippen LogP contribution in [0.5, 0.6) is 0 Å². The highest BCUT2D eigenvalue weighted by molar-refractivity contribution is 5.97. The second kappa shape index (κ2) is 8.07. The molecule has 1 fully saturated rings. The molecular weight excluding hydrogens is 366 g/mol. The number of hydrogen-bond acceptors (Lipinski definition) is 3. The summed E-state index contributed by atoms with van der Waals surface area (Å²) >= 11 is 0. The summed E-state index contributed by atoms with van der Waals surface area (Å²) in [5, 5.41) is 9.12. The molecule has 0 atom stereocenters. The van der Waals surface area contributed by atoms with Crippen LogP contribution in [0.3, 0.4) is 0 Å². The van der Waals surface area contributed by atoms with E-state index < -0.39 is 5.97 Å². The van der Waals surface area contributed by atoms with Crippen molar-refractivity contribution in [1.82, 2.24) is 14.5 Å². The number of fused-ring (bicyclic) bond motifs is 1. The van der Waals surface area contributed by atoms with Crippen molar-refractivity contribution in [2.75, 3.05) is 13.1 Å². The van der Waals surface area contributed by atoms with Gasteiger partial charge in [-0.3, -0.25) is 4.79 Å². The smallest absolute Gasteiger partial charge is 0.335 e. The average Bonchev–Trinajstić information content (AvgIpc) is 3.02. The van der Waals surface area contributed by atoms with Gasteiger partial charge in [-0.15, -0.1) is 0 Å². The fourth-order valence-corrected chi connectivity index (χ4v) is 3.65. The first-order valence-electron chi connectivity index (χ1n) is 10.2. The maximum Gasteiger partial charge on any atom is 0.335 e. The molecule has 3 aromatic rings. The Morgan fingerprint density at radius 3 is 2.41 bits per heavy atom. The first-order chi connectivity index (χ1) is 14.1. The maximum absolute atomic E-state index is 12.7. The monoisotopic (exact) mass is 391 g/mol. The Labute approximate surface area is 169 Å². The molecule has 1 aliphatic rings. The van der Waals surface area contributed by atoms with Crippen LogP contribution < -0.4 is 0 Å². The van der Waals surface area contributed by atoms with Crippen molar-refractivity contribution in [1.29, 1.82) is 0 Å². The van der Waals surface area contributed by atoms with Gasteiger partial charge in [0.25, 0.3) is 5.91 Å². The van der Waals surface area contributed by atoms with Gasteiger partial charge in [0.1, 0.15) is 5.82 Å². The second-order valence-corrected chi connectivity index (χ2v) is 7.57. The predicted octanol–water partition coefficient (Wildman–Crippen LogP) is 3.97. The van der Waals surface area contributed by atoms with E-state index in [-0.39, 0.29) is 11.5 Å². The molecule has 2 heterocycles. The Hall–Kier alpha value is -3.15. The van der Waals surface area contributed by atoms with Gasteiger partial charge < -0.3 is 14.6 Å². The lowest BCUT2D eigenvalue weighted by Crippen LogP contribution is -2.42. The Morgan fingerprint density at radius 1 is 1.07 bits per heavy atom. The van der Waals surface area contributed by atoms with E-state index >= 15 is 0 Å². The number of unbranched alkanes of at least 4 members (excludes halogenated alkanes) is 1. The zero-order valence-corrected chi connectivity index (χ0v) is 16.6. The molecule has 0 unspecified atom stereocenters. The summed E-state index contributed by atoms with van der Waals surface area (Å²) in [6.07, 6.45) is 4.06. The maximum atomic E-state index is 12.7. The van der Waals surface area contributed by atoms with Gasteiger partial charge in [0.05, 0.1) is 16.6 Å². The van der Waals surface area contributed by atoms with Gasteiger partial charge in [0.15, 0.2) is 0 Å². The van der Waals surface area contributed by atoms with Gasteiger partial charge in [0, 0.05) is 31.6 Å². The Balaban J connectivity index is 1.71. The third-order valence-electron chi connectivity index (χ3n) is 5.51. The van der Waals surface area contributed by atoms with Gasteiger partial charge in [0.2, 0.25) is 0 Å². The van der Waals surface area contributed by atoms with Crippen LogP contribution in [0.15, 0.2) is 42.5 Å². The number of nitrogens with zero attached hydrogens (tertiary/aromatic N) is 3. The highest BCUT2D eigenvalue weighted by atomic mass is 16.4. The molecule has 0 spiro atoms. The number of rotatable bonds is 7. The molecule has 0 aliphatic carbocycles. The number of carbonyl (C=O) groups is 2. The normalized spacial score (nSPS) is 13.5. The number of aromatic carboxylic acids is 1. The number of carboxylic acids is 1. The molecule has 1 aromatic heterocycles. The molecule has 6 nitrogen and oxygen atoms in total. The van der Waals surface area contributed by atoms with Crippen molar-refractivity contribution in [3.05, 3.63) is 65.0 Å². The summed E-state index contributed by atoms with van der Waals surface area (Å²) in [5.41, 5.74) is 3.81. The van der Waals surface area contributed by atoms with E-state index in [9.17, 15) is 9.59 Å². The van der Waals surface area contributed by atoms with E-state index in [1.807, 2.05) is 35.2 Å². The number of amides is 1. The highest BCUT2D eigenvalue weighted by Crippen LogP contribution is 2.23. The van der Waals surface area contributed by atoms with Gasteiger partial charge in [-0.2, -0.15) is 0 Å². The molecule has 0 radical (unpaired) electrons. The zero-order valence-electron chi connectivity index (χ0n) is 16.6. The lowest BCUT2D eigenvalue weighted by Gasteiger charge is -2.30. The van der Waals surface area contributed by atoms with E-state index in [1.54, 1.807) is 12.1 Å². The minimum atomic E-state index is -0.928. The lowest BCUT2D eigenvalue weighted by atomic mass is 10.1. The molecule has 1 amide bonds. The molecule has 0 bridgehead atoms. The SMILES string of the molecule is CCCCc1nc2ccc(C(=O)N3CCC3)cc2n1Cc1ccc(C(=O)O)cc1. The van der Waals surface area contributed by atoms with Crippen molar-refractivity contribution in [3.8, 4) is 0 Å². The molecule has 4 rings (SSSR count). The fraction of sp³-hybridized carbons (Fsp3) is 0.348. The molecule has 1 saturated heterocycles. The topological polar surface area (TPSA) is 75.4 Å². The quantitative estimate of drug-likeness (QED) is 0.661. The Morgan fingerprint density at radius 2 is 1.79 bits per heavy atom. The molecule has 1 N–H and O–H groups in total. The van der Waals surface area contributed by atoms with Crippen LogP contribution in [0.2, 0.25) is 0 Å². The summed E-state index contributed by atoms with van der Waals surface area (Å²) in [4.78, 5) is 30.5. The van der Waals surface area contributed by atoms with E-state index in [0.717, 1.165) is 61.2 Å². The third-order valence-corrected chi connectivity index (χ3v) is 5.51. The molecular formula is C23H25N3O3.